The van der Waals surface area contributed by atoms with Crippen molar-refractivity contribution in [2.75, 3.05) is 0 Å². The molecule has 27 heavy (non-hydrogen) atoms. The van der Waals surface area contributed by atoms with E-state index in [1.807, 2.05) is 13.8 Å². The molecule has 5 unspecified atom stereocenters. The summed E-state index contributed by atoms with van der Waals surface area (Å²) >= 11 is 1.67. The molecule has 0 saturated carbocycles. The Morgan fingerprint density at radius 2 is 1.67 bits per heavy atom. The van der Waals surface area contributed by atoms with Gasteiger partial charge in [0.2, 0.25) is 5.91 Å². The molecule has 1 saturated heterocycles. The van der Waals surface area contributed by atoms with Crippen LogP contribution in [0, 0.1) is 18.8 Å². The van der Waals surface area contributed by atoms with E-state index in [0.29, 0.717) is 18.1 Å². The number of carbonyl (C=O) groups excluding carboxylic acids is 1. The molecule has 0 radical (unpaired) electrons. The van der Waals surface area contributed by atoms with Crippen LogP contribution < -0.4 is 10.6 Å². The largest absolute Gasteiger partial charge is 0.481 e. The lowest BCUT2D eigenvalue weighted by Gasteiger charge is -2.30. The third-order valence-corrected chi connectivity index (χ3v) is 7.01. The fourth-order valence-electron chi connectivity index (χ4n) is 3.91. The van der Waals surface area contributed by atoms with Crippen molar-refractivity contribution in [3.63, 3.8) is 0 Å². The zero-order valence-corrected chi connectivity index (χ0v) is 17.1. The molecule has 1 aliphatic heterocycles. The third-order valence-electron chi connectivity index (χ3n) is 5.78. The van der Waals surface area contributed by atoms with E-state index in [1.54, 1.807) is 11.8 Å². The van der Waals surface area contributed by atoms with E-state index < -0.39 is 17.8 Å². The first kappa shape index (κ1) is 20.0. The van der Waals surface area contributed by atoms with Gasteiger partial charge in [0, 0.05) is 11.3 Å². The summed E-state index contributed by atoms with van der Waals surface area (Å²) < 4.78 is 0. The van der Waals surface area contributed by atoms with E-state index in [-0.39, 0.29) is 17.4 Å². The van der Waals surface area contributed by atoms with E-state index in [2.05, 4.69) is 48.7 Å². The van der Waals surface area contributed by atoms with Gasteiger partial charge in [-0.1, -0.05) is 47.9 Å². The van der Waals surface area contributed by atoms with Crippen molar-refractivity contribution >= 4 is 23.6 Å². The van der Waals surface area contributed by atoms with Crippen molar-refractivity contribution in [3.8, 4) is 0 Å². The summed E-state index contributed by atoms with van der Waals surface area (Å²) in [7, 11) is 0. The topological polar surface area (TPSA) is 78.4 Å². The number of carboxylic acids is 1. The van der Waals surface area contributed by atoms with Crippen molar-refractivity contribution in [1.82, 2.24) is 10.6 Å². The lowest BCUT2D eigenvalue weighted by Crippen LogP contribution is -2.46. The van der Waals surface area contributed by atoms with Crippen molar-refractivity contribution < 1.29 is 14.7 Å². The number of benzene rings is 1. The summed E-state index contributed by atoms with van der Waals surface area (Å²) in [4.78, 5) is 24.5. The number of nitrogens with one attached hydrogen (secondary N) is 2. The lowest BCUT2D eigenvalue weighted by atomic mass is 9.76. The van der Waals surface area contributed by atoms with Gasteiger partial charge in [-0.2, -0.15) is 0 Å². The second-order valence-electron chi connectivity index (χ2n) is 7.80. The molecule has 1 aliphatic carbocycles. The maximum Gasteiger partial charge on any atom is 0.307 e. The van der Waals surface area contributed by atoms with E-state index >= 15 is 0 Å². The molecular formula is C21H28N2O3S. The predicted molar refractivity (Wildman–Crippen MR) is 108 cm³/mol. The van der Waals surface area contributed by atoms with Gasteiger partial charge < -0.3 is 10.4 Å². The number of thioether (sulfide) groups is 1. The highest BCUT2D eigenvalue weighted by molar-refractivity contribution is 8.00. The summed E-state index contributed by atoms with van der Waals surface area (Å²) in [5.74, 6) is -2.22. The predicted octanol–water partition coefficient (Wildman–Crippen LogP) is 3.61. The van der Waals surface area contributed by atoms with Crippen LogP contribution in [-0.4, -0.2) is 27.7 Å². The molecule has 3 rings (SSSR count). The first-order chi connectivity index (χ1) is 12.8. The van der Waals surface area contributed by atoms with Gasteiger partial charge in [-0.15, -0.1) is 11.8 Å². The van der Waals surface area contributed by atoms with Gasteiger partial charge in [0.1, 0.15) is 5.50 Å². The zero-order chi connectivity index (χ0) is 19.7. The van der Waals surface area contributed by atoms with E-state index in [9.17, 15) is 14.7 Å². The second kappa shape index (κ2) is 8.07. The van der Waals surface area contributed by atoms with Crippen molar-refractivity contribution in [3.05, 3.63) is 46.5 Å². The van der Waals surface area contributed by atoms with Gasteiger partial charge in [-0.3, -0.25) is 14.9 Å². The molecular weight excluding hydrogens is 360 g/mol. The zero-order valence-electron chi connectivity index (χ0n) is 16.3. The maximum atomic E-state index is 12.9. The molecule has 146 valence electrons. The van der Waals surface area contributed by atoms with E-state index in [0.717, 1.165) is 11.1 Å². The van der Waals surface area contributed by atoms with Crippen LogP contribution in [-0.2, 0) is 9.59 Å². The van der Waals surface area contributed by atoms with Crippen LogP contribution in [0.25, 0.3) is 0 Å². The molecule has 1 aromatic carbocycles. The molecule has 1 amide bonds. The minimum absolute atomic E-state index is 0.159. The molecule has 5 nitrogen and oxygen atoms in total. The lowest BCUT2D eigenvalue weighted by molar-refractivity contribution is -0.147. The minimum atomic E-state index is -0.889. The highest BCUT2D eigenvalue weighted by Crippen LogP contribution is 2.37. The summed E-state index contributed by atoms with van der Waals surface area (Å²) in [6.45, 7) is 8.16. The van der Waals surface area contributed by atoms with Crippen molar-refractivity contribution in [2.24, 2.45) is 11.8 Å². The smallest absolute Gasteiger partial charge is 0.307 e. The van der Waals surface area contributed by atoms with Gasteiger partial charge in [0.05, 0.1) is 11.8 Å². The Morgan fingerprint density at radius 1 is 1.07 bits per heavy atom. The highest BCUT2D eigenvalue weighted by Gasteiger charge is 2.40. The molecule has 1 heterocycles. The highest BCUT2D eigenvalue weighted by atomic mass is 32.2. The summed E-state index contributed by atoms with van der Waals surface area (Å²) in [5, 5.41) is 16.4. The van der Waals surface area contributed by atoms with Crippen molar-refractivity contribution in [1.29, 1.82) is 0 Å². The van der Waals surface area contributed by atoms with Crippen LogP contribution in [0.1, 0.15) is 50.8 Å². The van der Waals surface area contributed by atoms with Gasteiger partial charge in [-0.05, 0) is 39.2 Å². The molecule has 3 N–H and O–H groups in total. The van der Waals surface area contributed by atoms with Gasteiger partial charge in [0.25, 0.3) is 0 Å². The first-order valence-corrected chi connectivity index (χ1v) is 10.4. The molecule has 6 heteroatoms. The quantitative estimate of drug-likeness (QED) is 0.687. The molecule has 2 aliphatic rings. The van der Waals surface area contributed by atoms with Crippen LogP contribution in [0.4, 0.5) is 0 Å². The molecule has 5 atom stereocenters. The van der Waals surface area contributed by atoms with E-state index in [4.69, 9.17) is 0 Å². The van der Waals surface area contributed by atoms with Crippen LogP contribution in [0.3, 0.4) is 0 Å². The number of aryl methyl sites for hydroxylation is 1. The average Bonchev–Trinajstić information content (AvgIpc) is 2.97. The summed E-state index contributed by atoms with van der Waals surface area (Å²) in [6, 6.07) is 8.58. The number of hydrogen-bond acceptors (Lipinski definition) is 4. The van der Waals surface area contributed by atoms with Crippen molar-refractivity contribution in [2.45, 2.75) is 57.3 Å². The monoisotopic (exact) mass is 388 g/mol. The number of rotatable bonds is 4. The second-order valence-corrected chi connectivity index (χ2v) is 9.29. The molecule has 1 fully saturated rings. The fraction of sp³-hybridized carbons (Fsp3) is 0.524. The molecule has 0 aromatic heterocycles. The Kier molecular flexibility index (Phi) is 5.96. The molecule has 0 bridgehead atoms. The van der Waals surface area contributed by atoms with Gasteiger partial charge >= 0.3 is 5.97 Å². The van der Waals surface area contributed by atoms with Gasteiger partial charge in [0.15, 0.2) is 0 Å². The summed E-state index contributed by atoms with van der Waals surface area (Å²) in [6.07, 6.45) is 0.968. The Balaban J connectivity index is 1.67. The molecule has 1 aromatic rings. The normalized spacial score (nSPS) is 31.0. The SMILES string of the molecule is CC1=C(C)CC(C(=O)NC2NC(c3ccc(C)cc3)C(C)S2)C(C(=O)O)C1. The standard InChI is InChI=1S/C21H28N2O3S/c1-11-5-7-15(8-6-11)18-14(4)27-21(22-18)23-19(24)16-9-12(2)13(3)10-17(16)20(25)26/h5-8,14,16-18,21-22H,9-10H2,1-4H3,(H,23,24)(H,25,26). The van der Waals surface area contributed by atoms with E-state index in [1.165, 1.54) is 11.1 Å². The Bertz CT molecular complexity index is 759. The Morgan fingerprint density at radius 3 is 2.26 bits per heavy atom. The first-order valence-electron chi connectivity index (χ1n) is 9.42. The van der Waals surface area contributed by atoms with Crippen LogP contribution in [0.2, 0.25) is 0 Å². The number of aliphatic carboxylic acids is 1. The molecule has 0 spiro atoms. The van der Waals surface area contributed by atoms with Gasteiger partial charge in [-0.25, -0.2) is 0 Å². The Hall–Kier alpha value is -1.79. The number of amides is 1. The number of allylic oxidation sites excluding steroid dienone is 2. The van der Waals surface area contributed by atoms with Crippen LogP contribution >= 0.6 is 11.8 Å². The average molecular weight is 389 g/mol. The number of carbonyl (C=O) groups is 2. The Labute approximate surface area is 165 Å². The fourth-order valence-corrected chi connectivity index (χ4v) is 5.14. The minimum Gasteiger partial charge on any atom is -0.481 e. The maximum absolute atomic E-state index is 12.9. The third kappa shape index (κ3) is 4.38. The van der Waals surface area contributed by atoms with Crippen LogP contribution in [0.15, 0.2) is 35.4 Å². The number of hydrogen-bond donors (Lipinski definition) is 3. The summed E-state index contributed by atoms with van der Waals surface area (Å²) in [5.41, 5.74) is 4.43. The van der Waals surface area contributed by atoms with Crippen LogP contribution in [0.5, 0.6) is 0 Å². The number of carboxylic acid groups (broad SMARTS) is 1.